The molecule has 7 nitrogen and oxygen atoms in total. The Bertz CT molecular complexity index is 730. The molecule has 2 amide bonds. The second kappa shape index (κ2) is 4.69. The van der Waals surface area contributed by atoms with Crippen molar-refractivity contribution in [2.75, 3.05) is 17.6 Å². The van der Waals surface area contributed by atoms with Gasteiger partial charge in [-0.15, -0.1) is 0 Å². The number of benzene rings is 1. The fourth-order valence-corrected chi connectivity index (χ4v) is 3.36. The van der Waals surface area contributed by atoms with E-state index in [4.69, 9.17) is 5.73 Å². The molecule has 1 fully saturated rings. The van der Waals surface area contributed by atoms with E-state index in [0.717, 1.165) is 6.07 Å². The first-order valence-electron chi connectivity index (χ1n) is 5.99. The maximum Gasteiger partial charge on any atom is 0.259 e. The van der Waals surface area contributed by atoms with E-state index in [2.05, 4.69) is 5.32 Å². The van der Waals surface area contributed by atoms with Gasteiger partial charge >= 0.3 is 0 Å². The third-order valence-electron chi connectivity index (χ3n) is 3.23. The minimum Gasteiger partial charge on any atom is -0.399 e. The number of nitrogens with two attached hydrogens (primary N) is 1. The third kappa shape index (κ3) is 2.33. The van der Waals surface area contributed by atoms with Gasteiger partial charge < -0.3 is 11.1 Å². The zero-order valence-corrected chi connectivity index (χ0v) is 12.2. The number of amides is 2. The Morgan fingerprint density at radius 2 is 2.05 bits per heavy atom. The second-order valence-electron chi connectivity index (χ2n) is 5.11. The van der Waals surface area contributed by atoms with Gasteiger partial charge in [0.1, 0.15) is 12.4 Å². The average Bonchev–Trinajstić information content (AvgIpc) is 2.39. The molecule has 1 aliphatic rings. The molecule has 0 aliphatic carbocycles. The van der Waals surface area contributed by atoms with Gasteiger partial charge in [-0.05, 0) is 32.0 Å². The van der Waals surface area contributed by atoms with E-state index in [1.165, 1.54) is 26.0 Å². The van der Waals surface area contributed by atoms with E-state index in [1.807, 2.05) is 0 Å². The predicted molar refractivity (Wildman–Crippen MR) is 74.2 cm³/mol. The highest BCUT2D eigenvalue weighted by atomic mass is 32.2. The standard InChI is InChI=1S/C12H14FN3O4S/c1-12(2)11(18)16(21(12,19)20)6-10(17)15-9-5-7(14)3-4-8(9)13/h3-5H,6,14H2,1-2H3,(H,15,17). The fourth-order valence-electron chi connectivity index (χ4n) is 1.87. The molecule has 3 N–H and O–H groups in total. The molecule has 0 spiro atoms. The van der Waals surface area contributed by atoms with Crippen LogP contribution in [0.5, 0.6) is 0 Å². The summed E-state index contributed by atoms with van der Waals surface area (Å²) in [5.74, 6) is -2.21. The smallest absolute Gasteiger partial charge is 0.259 e. The van der Waals surface area contributed by atoms with Crippen LogP contribution in [-0.4, -0.2) is 35.8 Å². The van der Waals surface area contributed by atoms with Crippen LogP contribution in [0.2, 0.25) is 0 Å². The summed E-state index contributed by atoms with van der Waals surface area (Å²) in [5, 5.41) is 2.18. The van der Waals surface area contributed by atoms with Crippen molar-refractivity contribution in [3.8, 4) is 0 Å². The molecular formula is C12H14FN3O4S. The lowest BCUT2D eigenvalue weighted by Gasteiger charge is -2.42. The third-order valence-corrected chi connectivity index (χ3v) is 5.57. The summed E-state index contributed by atoms with van der Waals surface area (Å²) in [6, 6.07) is 3.58. The Morgan fingerprint density at radius 3 is 2.62 bits per heavy atom. The Balaban J connectivity index is 2.10. The normalized spacial score (nSPS) is 19.0. The molecule has 0 atom stereocenters. The SMILES string of the molecule is CC1(C)C(=O)N(CC(=O)Nc2cc(N)ccc2F)S1(=O)=O. The lowest BCUT2D eigenvalue weighted by Crippen LogP contribution is -2.68. The number of sulfonamides is 1. The van der Waals surface area contributed by atoms with E-state index in [9.17, 15) is 22.4 Å². The van der Waals surface area contributed by atoms with Crippen molar-refractivity contribution in [3.05, 3.63) is 24.0 Å². The van der Waals surface area contributed by atoms with Crippen molar-refractivity contribution >= 4 is 33.2 Å². The van der Waals surface area contributed by atoms with Crippen LogP contribution in [0.4, 0.5) is 15.8 Å². The Hall–Kier alpha value is -2.16. The molecule has 0 unspecified atom stereocenters. The Morgan fingerprint density at radius 1 is 1.43 bits per heavy atom. The van der Waals surface area contributed by atoms with Gasteiger partial charge in [-0.2, -0.15) is 0 Å². The van der Waals surface area contributed by atoms with Gasteiger partial charge in [0.15, 0.2) is 4.75 Å². The van der Waals surface area contributed by atoms with Crippen molar-refractivity contribution in [1.29, 1.82) is 0 Å². The van der Waals surface area contributed by atoms with E-state index in [1.54, 1.807) is 0 Å². The number of anilines is 2. The summed E-state index contributed by atoms with van der Waals surface area (Å²) in [6.07, 6.45) is 0. The Labute approximate surface area is 121 Å². The number of hydrogen-bond donors (Lipinski definition) is 2. The molecule has 0 bridgehead atoms. The molecule has 2 rings (SSSR count). The lowest BCUT2D eigenvalue weighted by atomic mass is 10.2. The van der Waals surface area contributed by atoms with E-state index >= 15 is 0 Å². The summed E-state index contributed by atoms with van der Waals surface area (Å²) in [6.45, 7) is 1.83. The number of nitrogens with zero attached hydrogens (tertiary/aromatic N) is 1. The van der Waals surface area contributed by atoms with Crippen LogP contribution in [0.15, 0.2) is 18.2 Å². The van der Waals surface area contributed by atoms with Crippen LogP contribution in [0.1, 0.15) is 13.8 Å². The maximum absolute atomic E-state index is 13.4. The highest BCUT2D eigenvalue weighted by Crippen LogP contribution is 2.34. The van der Waals surface area contributed by atoms with E-state index < -0.39 is 38.9 Å². The van der Waals surface area contributed by atoms with Gasteiger partial charge in [0.25, 0.3) is 15.9 Å². The summed E-state index contributed by atoms with van der Waals surface area (Å²) in [7, 11) is -3.85. The molecule has 9 heteroatoms. The molecule has 114 valence electrons. The monoisotopic (exact) mass is 315 g/mol. The summed E-state index contributed by atoms with van der Waals surface area (Å²) in [5.41, 5.74) is 5.52. The number of hydrogen-bond acceptors (Lipinski definition) is 5. The van der Waals surface area contributed by atoms with Crippen molar-refractivity contribution in [2.24, 2.45) is 0 Å². The molecule has 0 saturated carbocycles. The fraction of sp³-hybridized carbons (Fsp3) is 0.333. The van der Waals surface area contributed by atoms with Crippen molar-refractivity contribution in [2.45, 2.75) is 18.6 Å². The van der Waals surface area contributed by atoms with Gasteiger partial charge in [-0.3, -0.25) is 9.59 Å². The summed E-state index contributed by atoms with van der Waals surface area (Å²) >= 11 is 0. The molecule has 1 saturated heterocycles. The van der Waals surface area contributed by atoms with Crippen molar-refractivity contribution < 1.29 is 22.4 Å². The van der Waals surface area contributed by atoms with Crippen LogP contribution in [-0.2, 0) is 19.6 Å². The first kappa shape index (κ1) is 15.2. The van der Waals surface area contributed by atoms with Gasteiger partial charge in [0, 0.05) is 5.69 Å². The van der Waals surface area contributed by atoms with Crippen molar-refractivity contribution in [3.63, 3.8) is 0 Å². The molecule has 0 aromatic heterocycles. The quantitative estimate of drug-likeness (QED) is 0.780. The highest BCUT2D eigenvalue weighted by Gasteiger charge is 2.60. The van der Waals surface area contributed by atoms with Crippen LogP contribution < -0.4 is 11.1 Å². The second-order valence-corrected chi connectivity index (χ2v) is 7.53. The predicted octanol–water partition coefficient (Wildman–Crippen LogP) is 0.297. The first-order chi connectivity index (χ1) is 9.57. The lowest BCUT2D eigenvalue weighted by molar-refractivity contribution is -0.134. The van der Waals surface area contributed by atoms with Gasteiger partial charge in [0.05, 0.1) is 5.69 Å². The molecule has 21 heavy (non-hydrogen) atoms. The zero-order valence-electron chi connectivity index (χ0n) is 11.4. The largest absolute Gasteiger partial charge is 0.399 e. The highest BCUT2D eigenvalue weighted by molar-refractivity contribution is 7.94. The Kier molecular flexibility index (Phi) is 3.40. The number of halogens is 1. The van der Waals surface area contributed by atoms with E-state index in [0.29, 0.717) is 4.31 Å². The molecular weight excluding hydrogens is 301 g/mol. The van der Waals surface area contributed by atoms with Crippen LogP contribution >= 0.6 is 0 Å². The van der Waals surface area contributed by atoms with Crippen molar-refractivity contribution in [1.82, 2.24) is 4.31 Å². The molecule has 1 aromatic rings. The average molecular weight is 315 g/mol. The van der Waals surface area contributed by atoms with Crippen LogP contribution in [0.3, 0.4) is 0 Å². The number of carbonyl (C=O) groups excluding carboxylic acids is 2. The zero-order chi connectivity index (χ0) is 16.0. The number of rotatable bonds is 3. The van der Waals surface area contributed by atoms with E-state index in [-0.39, 0.29) is 11.4 Å². The molecule has 0 radical (unpaired) electrons. The number of nitrogen functional groups attached to an aromatic ring is 1. The summed E-state index contributed by atoms with van der Waals surface area (Å²) in [4.78, 5) is 23.4. The minimum absolute atomic E-state index is 0.176. The number of nitrogens with one attached hydrogen (secondary N) is 1. The molecule has 1 aromatic carbocycles. The molecule has 1 heterocycles. The van der Waals surface area contributed by atoms with Crippen LogP contribution in [0, 0.1) is 5.82 Å². The molecule has 1 aliphatic heterocycles. The summed E-state index contributed by atoms with van der Waals surface area (Å²) < 4.78 is 36.0. The maximum atomic E-state index is 13.4. The topological polar surface area (TPSA) is 110 Å². The van der Waals surface area contributed by atoms with Gasteiger partial charge in [0.2, 0.25) is 5.91 Å². The van der Waals surface area contributed by atoms with Gasteiger partial charge in [-0.1, -0.05) is 0 Å². The minimum atomic E-state index is -3.85. The van der Waals surface area contributed by atoms with Gasteiger partial charge in [-0.25, -0.2) is 17.1 Å². The first-order valence-corrected chi connectivity index (χ1v) is 7.43. The van der Waals surface area contributed by atoms with Crippen LogP contribution in [0.25, 0.3) is 0 Å². The number of carbonyl (C=O) groups is 2.